The predicted molar refractivity (Wildman–Crippen MR) is 51.0 cm³/mol. The van der Waals surface area contributed by atoms with E-state index in [1.165, 1.54) is 4.88 Å². The Hall–Kier alpha value is -0.600. The van der Waals surface area contributed by atoms with Gasteiger partial charge in [-0.15, -0.1) is 22.7 Å². The minimum Gasteiger partial charge on any atom is -0.143 e. The zero-order chi connectivity index (χ0) is 7.94. The van der Waals surface area contributed by atoms with Crippen LogP contribution in [-0.2, 0) is 0 Å². The van der Waals surface area contributed by atoms with Crippen molar-refractivity contribution < 1.29 is 0 Å². The maximum absolute atomic E-state index is 2.97. The monoisotopic (exact) mass is 180 g/mol. The van der Waals surface area contributed by atoms with Crippen molar-refractivity contribution in [2.45, 2.75) is 6.92 Å². The van der Waals surface area contributed by atoms with Gasteiger partial charge in [-0.25, -0.2) is 0 Å². The van der Waals surface area contributed by atoms with Gasteiger partial charge in [-0.05, 0) is 30.5 Å². The standard InChI is InChI=1S/C5H5S.C4H3S/c1-5-3-2-4-6-5;1-2-4-5-3-1/h2-3H,1H3;1-3H. The fourth-order valence-electron chi connectivity index (χ4n) is 0.509. The summed E-state index contributed by atoms with van der Waals surface area (Å²) in [5.74, 6) is 0. The molecule has 56 valence electrons. The van der Waals surface area contributed by atoms with Crippen LogP contribution in [0, 0.1) is 17.7 Å². The third-order valence-electron chi connectivity index (χ3n) is 0.985. The smallest absolute Gasteiger partial charge is 0.0445 e. The van der Waals surface area contributed by atoms with Crippen molar-refractivity contribution in [1.82, 2.24) is 0 Å². The van der Waals surface area contributed by atoms with Crippen LogP contribution >= 0.6 is 22.7 Å². The summed E-state index contributed by atoms with van der Waals surface area (Å²) in [6.45, 7) is 2.07. The highest BCUT2D eigenvalue weighted by Crippen LogP contribution is 2.02. The Balaban J connectivity index is 0.000000112. The van der Waals surface area contributed by atoms with Gasteiger partial charge in [0.15, 0.2) is 0 Å². The van der Waals surface area contributed by atoms with E-state index in [4.69, 9.17) is 0 Å². The van der Waals surface area contributed by atoms with E-state index < -0.39 is 0 Å². The van der Waals surface area contributed by atoms with Gasteiger partial charge in [0, 0.05) is 15.6 Å². The van der Waals surface area contributed by atoms with Crippen molar-refractivity contribution in [2.24, 2.45) is 0 Å². The van der Waals surface area contributed by atoms with Crippen LogP contribution in [0.4, 0.5) is 0 Å². The Kier molecular flexibility index (Phi) is 3.94. The molecule has 0 saturated carbocycles. The van der Waals surface area contributed by atoms with Crippen LogP contribution in [-0.4, -0.2) is 0 Å². The molecule has 2 heteroatoms. The van der Waals surface area contributed by atoms with Crippen LogP contribution in [0.25, 0.3) is 0 Å². The van der Waals surface area contributed by atoms with Crippen LogP contribution in [0.1, 0.15) is 4.88 Å². The average molecular weight is 180 g/mol. The van der Waals surface area contributed by atoms with Crippen LogP contribution in [0.3, 0.4) is 0 Å². The lowest BCUT2D eigenvalue weighted by molar-refractivity contribution is 1.64. The Morgan fingerprint density at radius 2 is 2.18 bits per heavy atom. The summed E-state index contributed by atoms with van der Waals surface area (Å²) in [6.07, 6.45) is 0. The number of thiophene rings is 2. The molecule has 2 rings (SSSR count). The molecule has 2 heterocycles. The SMILES string of the molecule is Cc1cc[c]s1.[c]1cccs1. The molecule has 0 spiro atoms. The van der Waals surface area contributed by atoms with Gasteiger partial charge >= 0.3 is 0 Å². The van der Waals surface area contributed by atoms with Crippen LogP contribution < -0.4 is 0 Å². The molecular formula is C9H8S2. The topological polar surface area (TPSA) is 0 Å². The molecular weight excluding hydrogens is 172 g/mol. The lowest BCUT2D eigenvalue weighted by Gasteiger charge is -1.65. The molecule has 2 aromatic heterocycles. The average Bonchev–Trinajstić information content (AvgIpc) is 2.57. The van der Waals surface area contributed by atoms with Gasteiger partial charge in [-0.3, -0.25) is 0 Å². The van der Waals surface area contributed by atoms with Crippen molar-refractivity contribution in [3.05, 3.63) is 45.3 Å². The van der Waals surface area contributed by atoms with E-state index in [-0.39, 0.29) is 0 Å². The summed E-state index contributed by atoms with van der Waals surface area (Å²) < 4.78 is 0. The van der Waals surface area contributed by atoms with Gasteiger partial charge in [0.1, 0.15) is 0 Å². The predicted octanol–water partition coefficient (Wildman–Crippen LogP) is 3.41. The minimum atomic E-state index is 1.33. The fraction of sp³-hybridized carbons (Fsp3) is 0.111. The number of aryl methyl sites for hydroxylation is 1. The number of hydrogen-bond acceptors (Lipinski definition) is 2. The van der Waals surface area contributed by atoms with E-state index in [1.54, 1.807) is 22.7 Å². The van der Waals surface area contributed by atoms with Crippen LogP contribution in [0.15, 0.2) is 29.6 Å². The minimum absolute atomic E-state index is 1.33. The quantitative estimate of drug-likeness (QED) is 0.583. The highest BCUT2D eigenvalue weighted by molar-refractivity contribution is 7.09. The van der Waals surface area contributed by atoms with Crippen molar-refractivity contribution in [3.63, 3.8) is 0 Å². The van der Waals surface area contributed by atoms with Gasteiger partial charge in [0.05, 0.1) is 0 Å². The van der Waals surface area contributed by atoms with Gasteiger partial charge in [-0.1, -0.05) is 6.07 Å². The van der Waals surface area contributed by atoms with Gasteiger partial charge in [0.2, 0.25) is 0 Å². The first-order valence-electron chi connectivity index (χ1n) is 3.21. The lowest BCUT2D eigenvalue weighted by Crippen LogP contribution is -1.43. The van der Waals surface area contributed by atoms with Crippen molar-refractivity contribution in [1.29, 1.82) is 0 Å². The lowest BCUT2D eigenvalue weighted by atomic mass is 10.5. The first-order valence-corrected chi connectivity index (χ1v) is 4.91. The zero-order valence-electron chi connectivity index (χ0n) is 6.20. The maximum atomic E-state index is 2.97. The molecule has 0 bridgehead atoms. The van der Waals surface area contributed by atoms with Crippen LogP contribution in [0.5, 0.6) is 0 Å². The molecule has 11 heavy (non-hydrogen) atoms. The molecule has 0 saturated heterocycles. The summed E-state index contributed by atoms with van der Waals surface area (Å²) in [5.41, 5.74) is 0. The summed E-state index contributed by atoms with van der Waals surface area (Å²) in [6, 6.07) is 7.83. The van der Waals surface area contributed by atoms with E-state index in [9.17, 15) is 0 Å². The van der Waals surface area contributed by atoms with E-state index in [2.05, 4.69) is 17.7 Å². The first kappa shape index (κ1) is 8.50. The molecule has 0 aliphatic rings. The Labute approximate surface area is 75.1 Å². The molecule has 2 radical (unpaired) electrons. The van der Waals surface area contributed by atoms with E-state index in [1.807, 2.05) is 29.6 Å². The molecule has 0 atom stereocenters. The first-order chi connectivity index (χ1) is 5.39. The normalized spacial score (nSPS) is 8.45. The molecule has 2 aromatic rings. The number of rotatable bonds is 0. The van der Waals surface area contributed by atoms with Gasteiger partial charge < -0.3 is 0 Å². The molecule has 0 amide bonds. The van der Waals surface area contributed by atoms with E-state index >= 15 is 0 Å². The van der Waals surface area contributed by atoms with E-state index in [0.29, 0.717) is 0 Å². The second-order valence-electron chi connectivity index (χ2n) is 1.89. The Morgan fingerprint density at radius 1 is 1.27 bits per heavy atom. The molecule has 0 aromatic carbocycles. The van der Waals surface area contributed by atoms with Crippen molar-refractivity contribution in [3.8, 4) is 0 Å². The molecule has 0 fully saturated rings. The molecule has 0 aliphatic heterocycles. The second-order valence-corrected chi connectivity index (χ2v) is 3.72. The summed E-state index contributed by atoms with van der Waals surface area (Å²) >= 11 is 3.24. The molecule has 0 aliphatic carbocycles. The highest BCUT2D eigenvalue weighted by Gasteiger charge is 1.75. The van der Waals surface area contributed by atoms with E-state index in [0.717, 1.165) is 0 Å². The van der Waals surface area contributed by atoms with Crippen molar-refractivity contribution >= 4 is 22.7 Å². The zero-order valence-corrected chi connectivity index (χ0v) is 7.84. The third kappa shape index (κ3) is 3.96. The highest BCUT2D eigenvalue weighted by atomic mass is 32.1. The Bertz CT molecular complexity index is 226. The number of hydrogen-bond donors (Lipinski definition) is 0. The molecule has 0 N–H and O–H groups in total. The van der Waals surface area contributed by atoms with Crippen LogP contribution in [0.2, 0.25) is 0 Å². The second kappa shape index (κ2) is 5.10. The molecule has 0 nitrogen and oxygen atoms in total. The fourth-order valence-corrected chi connectivity index (χ4v) is 1.36. The third-order valence-corrected chi connectivity index (χ3v) is 2.26. The summed E-state index contributed by atoms with van der Waals surface area (Å²) in [7, 11) is 0. The summed E-state index contributed by atoms with van der Waals surface area (Å²) in [5, 5.41) is 7.86. The molecule has 0 unspecified atom stereocenters. The summed E-state index contributed by atoms with van der Waals surface area (Å²) in [4.78, 5) is 1.33. The van der Waals surface area contributed by atoms with Gasteiger partial charge in [-0.2, -0.15) is 0 Å². The van der Waals surface area contributed by atoms with Gasteiger partial charge in [0.25, 0.3) is 0 Å². The Morgan fingerprint density at radius 3 is 2.36 bits per heavy atom. The van der Waals surface area contributed by atoms with Crippen molar-refractivity contribution in [2.75, 3.05) is 0 Å². The largest absolute Gasteiger partial charge is 0.143 e. The maximum Gasteiger partial charge on any atom is 0.0445 e.